The van der Waals surface area contributed by atoms with Crippen LogP contribution in [-0.2, 0) is 4.74 Å². The summed E-state index contributed by atoms with van der Waals surface area (Å²) in [6.45, 7) is 5.62. The summed E-state index contributed by atoms with van der Waals surface area (Å²) in [6.07, 6.45) is 0.632. The zero-order chi connectivity index (χ0) is 23.5. The Morgan fingerprint density at radius 1 is 1.06 bits per heavy atom. The molecule has 0 aliphatic carbocycles. The first-order chi connectivity index (χ1) is 16.0. The molecule has 7 nitrogen and oxygen atoms in total. The summed E-state index contributed by atoms with van der Waals surface area (Å²) in [4.78, 5) is 28.5. The second-order valence-corrected chi connectivity index (χ2v) is 8.53. The highest BCUT2D eigenvalue weighted by molar-refractivity contribution is 5.99. The van der Waals surface area contributed by atoms with Gasteiger partial charge in [0.15, 0.2) is 16.9 Å². The van der Waals surface area contributed by atoms with Gasteiger partial charge in [0.1, 0.15) is 5.58 Å². The van der Waals surface area contributed by atoms with Gasteiger partial charge in [-0.15, -0.1) is 0 Å². The van der Waals surface area contributed by atoms with Gasteiger partial charge in [-0.3, -0.25) is 9.59 Å². The quantitative estimate of drug-likeness (QED) is 0.448. The zero-order valence-electron chi connectivity index (χ0n) is 19.4. The van der Waals surface area contributed by atoms with Crippen LogP contribution in [0.4, 0.5) is 0 Å². The molecule has 174 valence electrons. The molecule has 0 unspecified atom stereocenters. The first-order valence-corrected chi connectivity index (χ1v) is 11.1. The molecule has 33 heavy (non-hydrogen) atoms. The number of nitrogens with zero attached hydrogens (tertiary/aromatic N) is 1. The van der Waals surface area contributed by atoms with Crippen molar-refractivity contribution in [3.8, 4) is 11.5 Å². The average Bonchev–Trinajstić information content (AvgIpc) is 3.09. The number of amides is 1. The van der Waals surface area contributed by atoms with Crippen molar-refractivity contribution in [2.75, 3.05) is 34.0 Å². The zero-order valence-corrected chi connectivity index (χ0v) is 19.4. The second-order valence-electron chi connectivity index (χ2n) is 8.53. The monoisotopic (exact) mass is 451 g/mol. The number of carbonyl (C=O) groups is 1. The van der Waals surface area contributed by atoms with Gasteiger partial charge < -0.3 is 23.5 Å². The molecule has 0 bridgehead atoms. The summed E-state index contributed by atoms with van der Waals surface area (Å²) in [5.74, 6) is 1.34. The maximum absolute atomic E-state index is 13.5. The van der Waals surface area contributed by atoms with E-state index in [2.05, 4.69) is 13.8 Å². The minimum absolute atomic E-state index is 0.0974. The minimum atomic E-state index is -0.585. The fraction of sp³-hybridized carbons (Fsp3) is 0.385. The van der Waals surface area contributed by atoms with Gasteiger partial charge in [-0.1, -0.05) is 32.0 Å². The lowest BCUT2D eigenvalue weighted by atomic mass is 9.98. The van der Waals surface area contributed by atoms with Gasteiger partial charge in [0.05, 0.1) is 30.7 Å². The number of para-hydroxylation sites is 1. The van der Waals surface area contributed by atoms with E-state index in [0.717, 1.165) is 5.56 Å². The van der Waals surface area contributed by atoms with Crippen molar-refractivity contribution in [3.05, 3.63) is 69.6 Å². The third-order valence-electron chi connectivity index (χ3n) is 5.70. The molecule has 1 aromatic heterocycles. The van der Waals surface area contributed by atoms with Crippen molar-refractivity contribution >= 4 is 16.9 Å². The van der Waals surface area contributed by atoms with Crippen LogP contribution in [0.5, 0.6) is 11.5 Å². The average molecular weight is 452 g/mol. The summed E-state index contributed by atoms with van der Waals surface area (Å²) in [5, 5.41) is 0.455. The minimum Gasteiger partial charge on any atom is -0.493 e. The Morgan fingerprint density at radius 3 is 2.58 bits per heavy atom. The Kier molecular flexibility index (Phi) is 6.70. The van der Waals surface area contributed by atoms with Crippen LogP contribution in [0, 0.1) is 5.92 Å². The molecule has 2 heterocycles. The van der Waals surface area contributed by atoms with Crippen LogP contribution in [0.3, 0.4) is 0 Å². The van der Waals surface area contributed by atoms with Crippen LogP contribution in [0.15, 0.2) is 51.7 Å². The number of ether oxygens (including phenoxy) is 3. The van der Waals surface area contributed by atoms with Gasteiger partial charge in [-0.25, -0.2) is 0 Å². The van der Waals surface area contributed by atoms with E-state index < -0.39 is 6.04 Å². The van der Waals surface area contributed by atoms with Crippen molar-refractivity contribution in [2.24, 2.45) is 5.92 Å². The van der Waals surface area contributed by atoms with E-state index in [4.69, 9.17) is 18.6 Å². The van der Waals surface area contributed by atoms with E-state index in [1.54, 1.807) is 43.4 Å². The van der Waals surface area contributed by atoms with Gasteiger partial charge in [0, 0.05) is 20.3 Å². The summed E-state index contributed by atoms with van der Waals surface area (Å²) < 4.78 is 22.6. The Balaban J connectivity index is 1.83. The number of fused-ring (bicyclic) bond motifs is 2. The molecule has 0 N–H and O–H groups in total. The highest BCUT2D eigenvalue weighted by atomic mass is 16.5. The Morgan fingerprint density at radius 2 is 1.85 bits per heavy atom. The molecule has 0 fully saturated rings. The number of carbonyl (C=O) groups excluding carboxylic acids is 1. The predicted octanol–water partition coefficient (Wildman–Crippen LogP) is 4.42. The first-order valence-electron chi connectivity index (χ1n) is 11.1. The van der Waals surface area contributed by atoms with E-state index in [-0.39, 0.29) is 17.1 Å². The van der Waals surface area contributed by atoms with E-state index in [1.807, 2.05) is 18.2 Å². The standard InChI is InChI=1S/C26H29NO6/c1-16(2)15-32-20-11-10-17(14-21(20)31-4)23-22-24(28)18-8-5-6-9-19(18)33-25(22)26(29)27(23)12-7-13-30-3/h5-6,8-11,14,16,23H,7,12-13,15H2,1-4H3/t23-/m1/s1. The van der Waals surface area contributed by atoms with Gasteiger partial charge in [0.2, 0.25) is 5.76 Å². The van der Waals surface area contributed by atoms with Crippen LogP contribution in [0.25, 0.3) is 11.0 Å². The van der Waals surface area contributed by atoms with Gasteiger partial charge >= 0.3 is 0 Å². The summed E-state index contributed by atoms with van der Waals surface area (Å²) >= 11 is 0. The number of benzene rings is 2. The van der Waals surface area contributed by atoms with Gasteiger partial charge in [-0.05, 0) is 42.2 Å². The first kappa shape index (κ1) is 22.9. The van der Waals surface area contributed by atoms with Crippen LogP contribution in [0.2, 0.25) is 0 Å². The lowest BCUT2D eigenvalue weighted by Gasteiger charge is -2.25. The smallest absolute Gasteiger partial charge is 0.290 e. The summed E-state index contributed by atoms with van der Waals surface area (Å²) in [5.41, 5.74) is 1.32. The molecular formula is C26H29NO6. The van der Waals surface area contributed by atoms with E-state index in [0.29, 0.717) is 60.1 Å². The van der Waals surface area contributed by atoms with Crippen LogP contribution >= 0.6 is 0 Å². The Labute approximate surface area is 192 Å². The van der Waals surface area contributed by atoms with Gasteiger partial charge in [0.25, 0.3) is 5.91 Å². The molecular weight excluding hydrogens is 422 g/mol. The van der Waals surface area contributed by atoms with Crippen molar-refractivity contribution in [3.63, 3.8) is 0 Å². The third kappa shape index (κ3) is 4.33. The van der Waals surface area contributed by atoms with Crippen molar-refractivity contribution in [1.29, 1.82) is 0 Å². The van der Waals surface area contributed by atoms with E-state index in [1.165, 1.54) is 0 Å². The van der Waals surface area contributed by atoms with E-state index in [9.17, 15) is 9.59 Å². The molecule has 7 heteroatoms. The van der Waals surface area contributed by atoms with E-state index >= 15 is 0 Å². The molecule has 3 aromatic rings. The third-order valence-corrected chi connectivity index (χ3v) is 5.70. The second kappa shape index (κ2) is 9.67. The molecule has 0 radical (unpaired) electrons. The van der Waals surface area contributed by atoms with Crippen molar-refractivity contribution in [1.82, 2.24) is 4.90 Å². The fourth-order valence-electron chi connectivity index (χ4n) is 4.15. The summed E-state index contributed by atoms with van der Waals surface area (Å²) in [7, 11) is 3.20. The topological polar surface area (TPSA) is 78.2 Å². The lowest BCUT2D eigenvalue weighted by Crippen LogP contribution is -2.31. The molecule has 1 aliphatic rings. The lowest BCUT2D eigenvalue weighted by molar-refractivity contribution is 0.0707. The molecule has 1 amide bonds. The SMILES string of the molecule is COCCCN1C(=O)c2oc3ccccc3c(=O)c2[C@H]1c1ccc(OCC(C)C)c(OC)c1. The molecule has 1 aliphatic heterocycles. The van der Waals surface area contributed by atoms with Crippen molar-refractivity contribution in [2.45, 2.75) is 26.3 Å². The number of hydrogen-bond donors (Lipinski definition) is 0. The van der Waals surface area contributed by atoms with Crippen LogP contribution < -0.4 is 14.9 Å². The molecule has 1 atom stereocenters. The highest BCUT2D eigenvalue weighted by Gasteiger charge is 2.42. The van der Waals surface area contributed by atoms with Crippen molar-refractivity contribution < 1.29 is 23.4 Å². The Bertz CT molecular complexity index is 1220. The normalized spacial score (nSPS) is 15.4. The molecule has 0 saturated carbocycles. The van der Waals surface area contributed by atoms with Crippen LogP contribution in [0.1, 0.15) is 48.0 Å². The number of hydrogen-bond acceptors (Lipinski definition) is 6. The Hall–Kier alpha value is -3.32. The summed E-state index contributed by atoms with van der Waals surface area (Å²) in [6, 6.07) is 12.0. The molecule has 2 aromatic carbocycles. The van der Waals surface area contributed by atoms with Gasteiger partial charge in [-0.2, -0.15) is 0 Å². The maximum atomic E-state index is 13.5. The molecule has 0 saturated heterocycles. The van der Waals surface area contributed by atoms with Crippen LogP contribution in [-0.4, -0.2) is 44.8 Å². The highest BCUT2D eigenvalue weighted by Crippen LogP contribution is 2.41. The predicted molar refractivity (Wildman–Crippen MR) is 125 cm³/mol. The molecule has 0 spiro atoms. The number of methoxy groups -OCH3 is 2. The maximum Gasteiger partial charge on any atom is 0.290 e. The largest absolute Gasteiger partial charge is 0.493 e. The fourth-order valence-corrected chi connectivity index (χ4v) is 4.15. The number of rotatable bonds is 9. The molecule has 4 rings (SSSR count).